The summed E-state index contributed by atoms with van der Waals surface area (Å²) >= 11 is 0. The molecule has 5 rings (SSSR count). The molecule has 10 heteroatoms. The summed E-state index contributed by atoms with van der Waals surface area (Å²) in [6.07, 6.45) is 8.51. The molecule has 0 radical (unpaired) electrons. The second kappa shape index (κ2) is 12.1. The van der Waals surface area contributed by atoms with Crippen LogP contribution in [0.4, 0.5) is 5.69 Å². The van der Waals surface area contributed by atoms with E-state index in [1.165, 1.54) is 12.6 Å². The van der Waals surface area contributed by atoms with E-state index < -0.39 is 11.4 Å². The number of likely N-dealkylation sites (tertiary alicyclic amines) is 1. The monoisotopic (exact) mass is 546 g/mol. The number of aryl methyl sites for hydroxylation is 1. The molecule has 2 aromatic rings. The third-order valence-electron chi connectivity index (χ3n) is 8.56. The van der Waals surface area contributed by atoms with Gasteiger partial charge in [0, 0.05) is 37.4 Å². The van der Waals surface area contributed by atoms with E-state index in [0.717, 1.165) is 31.4 Å². The fourth-order valence-corrected chi connectivity index (χ4v) is 6.40. The number of nitrogens with two attached hydrogens (primary N) is 1. The maximum atomic E-state index is 13.9. The molecule has 0 unspecified atom stereocenters. The fraction of sp³-hybridized carbons (Fsp3) is 0.500. The van der Waals surface area contributed by atoms with Crippen LogP contribution >= 0.6 is 0 Å². The van der Waals surface area contributed by atoms with Crippen molar-refractivity contribution in [2.75, 3.05) is 31.2 Å². The molecule has 3 heterocycles. The van der Waals surface area contributed by atoms with Crippen LogP contribution in [0.25, 0.3) is 0 Å². The third-order valence-corrected chi connectivity index (χ3v) is 8.56. The Hall–Kier alpha value is -3.95. The predicted molar refractivity (Wildman–Crippen MR) is 150 cm³/mol. The number of nitrogens with one attached hydrogen (secondary N) is 1. The molecular weight excluding hydrogens is 508 g/mol. The average molecular weight is 547 g/mol. The Labute approximate surface area is 234 Å². The Balaban J connectivity index is 1.25. The van der Waals surface area contributed by atoms with Crippen molar-refractivity contribution >= 4 is 29.3 Å². The van der Waals surface area contributed by atoms with Crippen LogP contribution in [0.15, 0.2) is 48.7 Å². The number of nitrogens with zero attached hydrogens (tertiary/aromatic N) is 4. The molecule has 1 aromatic heterocycles. The summed E-state index contributed by atoms with van der Waals surface area (Å²) in [4.78, 5) is 61.3. The normalized spacial score (nSPS) is 19.2. The lowest BCUT2D eigenvalue weighted by Crippen LogP contribution is -2.57. The van der Waals surface area contributed by atoms with Crippen LogP contribution in [0.2, 0.25) is 0 Å². The number of para-hydroxylation sites is 1. The van der Waals surface area contributed by atoms with Gasteiger partial charge in [-0.1, -0.05) is 43.5 Å². The highest BCUT2D eigenvalue weighted by atomic mass is 16.2. The summed E-state index contributed by atoms with van der Waals surface area (Å²) < 4.78 is 0. The number of pyridine rings is 1. The molecule has 3 N–H and O–H groups in total. The Kier molecular flexibility index (Phi) is 8.32. The van der Waals surface area contributed by atoms with E-state index in [0.29, 0.717) is 44.6 Å². The van der Waals surface area contributed by atoms with E-state index in [2.05, 4.69) is 15.2 Å². The highest BCUT2D eigenvalue weighted by Crippen LogP contribution is 2.39. The number of aromatic nitrogens is 1. The number of piperidine rings is 1. The van der Waals surface area contributed by atoms with Crippen molar-refractivity contribution in [3.63, 3.8) is 0 Å². The molecule has 0 bridgehead atoms. The van der Waals surface area contributed by atoms with E-state index in [-0.39, 0.29) is 42.4 Å². The molecule has 10 nitrogen and oxygen atoms in total. The lowest BCUT2D eigenvalue weighted by atomic mass is 9.85. The highest BCUT2D eigenvalue weighted by molar-refractivity contribution is 5.96. The quantitative estimate of drug-likeness (QED) is 0.523. The topological polar surface area (TPSA) is 129 Å². The molecule has 3 aliphatic rings. The summed E-state index contributed by atoms with van der Waals surface area (Å²) in [5.41, 5.74) is 6.41. The largest absolute Gasteiger partial charge is 0.364 e. The molecule has 2 saturated heterocycles. The van der Waals surface area contributed by atoms with Gasteiger partial charge in [-0.05, 0) is 55.9 Å². The Bertz CT molecular complexity index is 1240. The van der Waals surface area contributed by atoms with Gasteiger partial charge >= 0.3 is 0 Å². The van der Waals surface area contributed by atoms with Crippen molar-refractivity contribution in [3.05, 3.63) is 59.9 Å². The zero-order valence-electron chi connectivity index (χ0n) is 22.9. The number of rotatable bonds is 8. The van der Waals surface area contributed by atoms with Crippen LogP contribution in [-0.4, -0.2) is 76.3 Å². The summed E-state index contributed by atoms with van der Waals surface area (Å²) in [5.74, 6) is -0.803. The number of carbonyl (C=O) groups is 4. The van der Waals surface area contributed by atoms with Crippen molar-refractivity contribution in [3.8, 4) is 0 Å². The fourth-order valence-electron chi connectivity index (χ4n) is 6.40. The summed E-state index contributed by atoms with van der Waals surface area (Å²) in [7, 11) is 0. The zero-order valence-corrected chi connectivity index (χ0v) is 22.9. The molecule has 1 aliphatic carbocycles. The van der Waals surface area contributed by atoms with Gasteiger partial charge in [-0.2, -0.15) is 0 Å². The molecular formula is C30H38N6O4. The highest BCUT2D eigenvalue weighted by Gasteiger charge is 2.54. The van der Waals surface area contributed by atoms with Gasteiger partial charge in [-0.15, -0.1) is 0 Å². The van der Waals surface area contributed by atoms with Crippen molar-refractivity contribution in [2.24, 2.45) is 5.73 Å². The number of anilines is 1. The van der Waals surface area contributed by atoms with Gasteiger partial charge < -0.3 is 25.8 Å². The molecule has 4 amide bonds. The molecule has 1 spiro atoms. The van der Waals surface area contributed by atoms with Crippen molar-refractivity contribution in [1.29, 1.82) is 0 Å². The van der Waals surface area contributed by atoms with Gasteiger partial charge in [0.2, 0.25) is 11.8 Å². The number of hydrogen-bond donors (Lipinski definition) is 2. The second-order valence-corrected chi connectivity index (χ2v) is 11.1. The minimum Gasteiger partial charge on any atom is -0.364 e. The number of amides is 4. The van der Waals surface area contributed by atoms with E-state index in [4.69, 9.17) is 5.73 Å². The van der Waals surface area contributed by atoms with Gasteiger partial charge in [0.1, 0.15) is 17.8 Å². The SMILES string of the molecule is NC(=O)c1ncccc1CCC(=O)N1CCC2(CC1)C(=O)N(CC(=O)NC1CCCCC1)CN2c1ccccc1. The van der Waals surface area contributed by atoms with Crippen LogP contribution in [0.3, 0.4) is 0 Å². The van der Waals surface area contributed by atoms with Gasteiger partial charge in [0.25, 0.3) is 11.8 Å². The van der Waals surface area contributed by atoms with Crippen LogP contribution in [0.5, 0.6) is 0 Å². The Morgan fingerprint density at radius 2 is 1.73 bits per heavy atom. The van der Waals surface area contributed by atoms with Gasteiger partial charge in [0.15, 0.2) is 0 Å². The minimum atomic E-state index is -0.800. The molecule has 0 atom stereocenters. The first-order valence-corrected chi connectivity index (χ1v) is 14.3. The second-order valence-electron chi connectivity index (χ2n) is 11.1. The van der Waals surface area contributed by atoms with E-state index >= 15 is 0 Å². The number of carbonyl (C=O) groups excluding carboxylic acids is 4. The lowest BCUT2D eigenvalue weighted by molar-refractivity contribution is -0.140. The van der Waals surface area contributed by atoms with Crippen LogP contribution in [-0.2, 0) is 20.8 Å². The van der Waals surface area contributed by atoms with Crippen molar-refractivity contribution < 1.29 is 19.2 Å². The maximum Gasteiger partial charge on any atom is 0.267 e. The smallest absolute Gasteiger partial charge is 0.267 e. The molecule has 212 valence electrons. The average Bonchev–Trinajstić information content (AvgIpc) is 3.23. The first-order valence-electron chi connectivity index (χ1n) is 14.3. The maximum absolute atomic E-state index is 13.9. The van der Waals surface area contributed by atoms with E-state index in [1.54, 1.807) is 21.9 Å². The first kappa shape index (κ1) is 27.6. The molecule has 1 saturated carbocycles. The summed E-state index contributed by atoms with van der Waals surface area (Å²) in [5, 5.41) is 3.14. The van der Waals surface area contributed by atoms with Crippen LogP contribution in [0, 0.1) is 0 Å². The summed E-state index contributed by atoms with van der Waals surface area (Å²) in [6.45, 7) is 1.25. The lowest BCUT2D eigenvalue weighted by Gasteiger charge is -2.43. The minimum absolute atomic E-state index is 0.0328. The Morgan fingerprint density at radius 3 is 2.42 bits per heavy atom. The van der Waals surface area contributed by atoms with Gasteiger partial charge in [0.05, 0.1) is 6.67 Å². The molecule has 1 aromatic carbocycles. The first-order chi connectivity index (χ1) is 19.4. The van der Waals surface area contributed by atoms with Gasteiger partial charge in [-0.3, -0.25) is 24.2 Å². The number of benzene rings is 1. The van der Waals surface area contributed by atoms with E-state index in [9.17, 15) is 19.2 Å². The standard InChI is InChI=1S/C30H38N6O4/c31-28(39)27-22(8-7-17-32-27)13-14-26(38)34-18-15-30(16-19-34)29(40)35(21-36(30)24-11-5-2-6-12-24)20-25(37)33-23-9-3-1-4-10-23/h2,5-8,11-12,17,23H,1,3-4,9-10,13-16,18-21H2,(H2,31,39)(H,33,37). The number of primary amides is 1. The van der Waals surface area contributed by atoms with Crippen LogP contribution < -0.4 is 16.0 Å². The number of hydrogen-bond acceptors (Lipinski definition) is 6. The van der Waals surface area contributed by atoms with Crippen molar-refractivity contribution in [1.82, 2.24) is 20.1 Å². The van der Waals surface area contributed by atoms with E-state index in [1.807, 2.05) is 30.3 Å². The van der Waals surface area contributed by atoms with Crippen molar-refractivity contribution in [2.45, 2.75) is 69.4 Å². The third kappa shape index (κ3) is 5.80. The van der Waals surface area contributed by atoms with Gasteiger partial charge in [-0.25, -0.2) is 0 Å². The molecule has 40 heavy (non-hydrogen) atoms. The predicted octanol–water partition coefficient (Wildman–Crippen LogP) is 2.23. The zero-order chi connectivity index (χ0) is 28.1. The van der Waals surface area contributed by atoms with Crippen LogP contribution in [0.1, 0.15) is 67.4 Å². The molecule has 2 aliphatic heterocycles. The Morgan fingerprint density at radius 1 is 1.00 bits per heavy atom. The summed E-state index contributed by atoms with van der Waals surface area (Å²) in [6, 6.07) is 13.5. The molecule has 3 fully saturated rings.